The molecule has 1 aliphatic carbocycles. The average molecular weight is 227 g/mol. The lowest BCUT2D eigenvalue weighted by Crippen LogP contribution is -2.44. The van der Waals surface area contributed by atoms with Gasteiger partial charge in [-0.15, -0.1) is 0 Å². The van der Waals surface area contributed by atoms with E-state index < -0.39 is 0 Å². The molecule has 3 N–H and O–H groups in total. The molecule has 1 fully saturated rings. The van der Waals surface area contributed by atoms with Gasteiger partial charge in [0.15, 0.2) is 0 Å². The maximum atomic E-state index is 5.81. The molecule has 1 saturated carbocycles. The number of nitrogens with one attached hydrogen (secondary N) is 1. The monoisotopic (exact) mass is 226 g/mol. The van der Waals surface area contributed by atoms with Crippen LogP contribution in [0.2, 0.25) is 5.15 Å². The van der Waals surface area contributed by atoms with Gasteiger partial charge in [0.25, 0.3) is 0 Å². The molecule has 2 rings (SSSR count). The van der Waals surface area contributed by atoms with Crippen LogP contribution in [0.5, 0.6) is 0 Å². The van der Waals surface area contributed by atoms with E-state index in [1.165, 1.54) is 19.3 Å². The maximum absolute atomic E-state index is 5.81. The molecule has 15 heavy (non-hydrogen) atoms. The molecule has 0 bridgehead atoms. The minimum atomic E-state index is 0.199. The second-order valence-corrected chi connectivity index (χ2v) is 4.43. The quantitative estimate of drug-likeness (QED) is 0.778. The Hall–Kier alpha value is -1.03. The van der Waals surface area contributed by atoms with E-state index in [0.29, 0.717) is 5.15 Å². The molecule has 0 unspecified atom stereocenters. The van der Waals surface area contributed by atoms with Crippen LogP contribution in [0.4, 0.5) is 11.8 Å². The maximum Gasteiger partial charge on any atom is 0.223 e. The molecule has 4 nitrogen and oxygen atoms in total. The highest BCUT2D eigenvalue weighted by Crippen LogP contribution is 2.37. The third kappa shape index (κ3) is 2.15. The third-order valence-corrected chi connectivity index (χ3v) is 3.29. The van der Waals surface area contributed by atoms with Crippen molar-refractivity contribution in [3.63, 3.8) is 0 Å². The molecule has 82 valence electrons. The van der Waals surface area contributed by atoms with Crippen molar-refractivity contribution in [2.45, 2.75) is 38.1 Å². The zero-order valence-electron chi connectivity index (χ0n) is 8.76. The summed E-state index contributed by atoms with van der Waals surface area (Å²) in [6.07, 6.45) is 4.74. The topological polar surface area (TPSA) is 63.8 Å². The SMILES string of the molecule is CCC1(Nc2cc(Cl)nc(N)n2)CCC1. The highest BCUT2D eigenvalue weighted by Gasteiger charge is 2.35. The second kappa shape index (κ2) is 3.85. The molecule has 0 saturated heterocycles. The first-order chi connectivity index (χ1) is 7.13. The van der Waals surface area contributed by atoms with Gasteiger partial charge in [-0.3, -0.25) is 0 Å². The summed E-state index contributed by atoms with van der Waals surface area (Å²) >= 11 is 5.81. The van der Waals surface area contributed by atoms with Crippen molar-refractivity contribution in [2.24, 2.45) is 0 Å². The van der Waals surface area contributed by atoms with Crippen LogP contribution in [0.25, 0.3) is 0 Å². The first-order valence-electron chi connectivity index (χ1n) is 5.22. The fourth-order valence-electron chi connectivity index (χ4n) is 1.94. The smallest absolute Gasteiger partial charge is 0.223 e. The Labute approximate surface area is 94.2 Å². The molecule has 0 spiro atoms. The van der Waals surface area contributed by atoms with Crippen LogP contribution in [-0.4, -0.2) is 15.5 Å². The highest BCUT2D eigenvalue weighted by molar-refractivity contribution is 6.29. The van der Waals surface area contributed by atoms with Gasteiger partial charge in [0.05, 0.1) is 0 Å². The molecule has 0 atom stereocenters. The number of halogens is 1. The zero-order chi connectivity index (χ0) is 10.9. The normalized spacial score (nSPS) is 18.3. The first-order valence-corrected chi connectivity index (χ1v) is 5.60. The Bertz CT molecular complexity index is 337. The zero-order valence-corrected chi connectivity index (χ0v) is 9.51. The largest absolute Gasteiger partial charge is 0.368 e. The lowest BCUT2D eigenvalue weighted by Gasteiger charge is -2.42. The van der Waals surface area contributed by atoms with Crippen molar-refractivity contribution >= 4 is 23.4 Å². The second-order valence-electron chi connectivity index (χ2n) is 4.05. The summed E-state index contributed by atoms with van der Waals surface area (Å²) in [4.78, 5) is 7.95. The van der Waals surface area contributed by atoms with Gasteiger partial charge in [-0.2, -0.15) is 4.98 Å². The van der Waals surface area contributed by atoms with Gasteiger partial charge in [0.1, 0.15) is 11.0 Å². The van der Waals surface area contributed by atoms with Crippen LogP contribution < -0.4 is 11.1 Å². The Balaban J connectivity index is 2.16. The summed E-state index contributed by atoms with van der Waals surface area (Å²) in [5.41, 5.74) is 5.73. The molecule has 1 aliphatic rings. The summed E-state index contributed by atoms with van der Waals surface area (Å²) in [6.45, 7) is 2.18. The van der Waals surface area contributed by atoms with Crippen molar-refractivity contribution in [1.82, 2.24) is 9.97 Å². The molecule has 0 aromatic carbocycles. The van der Waals surface area contributed by atoms with Crippen molar-refractivity contribution in [1.29, 1.82) is 0 Å². The van der Waals surface area contributed by atoms with Crippen molar-refractivity contribution in [2.75, 3.05) is 11.1 Å². The van der Waals surface area contributed by atoms with E-state index in [1.807, 2.05) is 0 Å². The minimum Gasteiger partial charge on any atom is -0.368 e. The number of nitrogens with zero attached hydrogens (tertiary/aromatic N) is 2. The summed E-state index contributed by atoms with van der Waals surface area (Å²) in [5, 5.41) is 3.79. The van der Waals surface area contributed by atoms with Crippen LogP contribution in [0.3, 0.4) is 0 Å². The number of aromatic nitrogens is 2. The molecule has 5 heteroatoms. The van der Waals surface area contributed by atoms with Gasteiger partial charge >= 0.3 is 0 Å². The van der Waals surface area contributed by atoms with Gasteiger partial charge in [0, 0.05) is 11.6 Å². The van der Waals surface area contributed by atoms with Crippen LogP contribution >= 0.6 is 11.6 Å². The van der Waals surface area contributed by atoms with Crippen LogP contribution in [-0.2, 0) is 0 Å². The third-order valence-electron chi connectivity index (χ3n) is 3.09. The van der Waals surface area contributed by atoms with Gasteiger partial charge in [-0.1, -0.05) is 18.5 Å². The molecule has 0 radical (unpaired) electrons. The predicted octanol–water partition coefficient (Wildman–Crippen LogP) is 2.46. The number of hydrogen-bond acceptors (Lipinski definition) is 4. The van der Waals surface area contributed by atoms with Gasteiger partial charge in [-0.25, -0.2) is 4.98 Å². The number of nitrogens with two attached hydrogens (primary N) is 1. The highest BCUT2D eigenvalue weighted by atomic mass is 35.5. The van der Waals surface area contributed by atoms with Crippen LogP contribution in [0, 0.1) is 0 Å². The molecule has 0 aliphatic heterocycles. The van der Waals surface area contributed by atoms with Crippen molar-refractivity contribution < 1.29 is 0 Å². The molecule has 1 aromatic rings. The molecule has 0 amide bonds. The number of nitrogen functional groups attached to an aromatic ring is 1. The van der Waals surface area contributed by atoms with E-state index in [2.05, 4.69) is 22.2 Å². The summed E-state index contributed by atoms with van der Waals surface area (Å²) in [6, 6.07) is 1.72. The van der Waals surface area contributed by atoms with E-state index in [9.17, 15) is 0 Å². The fraction of sp³-hybridized carbons (Fsp3) is 0.600. The van der Waals surface area contributed by atoms with Crippen LogP contribution in [0.15, 0.2) is 6.07 Å². The van der Waals surface area contributed by atoms with Crippen LogP contribution in [0.1, 0.15) is 32.6 Å². The Morgan fingerprint density at radius 3 is 2.73 bits per heavy atom. The van der Waals surface area contributed by atoms with Gasteiger partial charge in [0.2, 0.25) is 5.95 Å². The molecular weight excluding hydrogens is 212 g/mol. The molecular formula is C10H15ClN4. The molecule has 1 aromatic heterocycles. The van der Waals surface area contributed by atoms with Gasteiger partial charge < -0.3 is 11.1 Å². The Morgan fingerprint density at radius 2 is 2.27 bits per heavy atom. The van der Waals surface area contributed by atoms with E-state index in [-0.39, 0.29) is 11.5 Å². The first kappa shape index (κ1) is 10.5. The van der Waals surface area contributed by atoms with E-state index in [1.54, 1.807) is 6.07 Å². The van der Waals surface area contributed by atoms with E-state index >= 15 is 0 Å². The standard InChI is InChI=1S/C10H15ClN4/c1-2-10(4-3-5-10)15-8-6-7(11)13-9(12)14-8/h6H,2-5H2,1H3,(H3,12,13,14,15). The van der Waals surface area contributed by atoms with Gasteiger partial charge in [-0.05, 0) is 25.7 Å². The van der Waals surface area contributed by atoms with E-state index in [0.717, 1.165) is 12.2 Å². The summed E-state index contributed by atoms with van der Waals surface area (Å²) < 4.78 is 0. The lowest BCUT2D eigenvalue weighted by molar-refractivity contribution is 0.269. The minimum absolute atomic E-state index is 0.199. The number of rotatable bonds is 3. The van der Waals surface area contributed by atoms with Crippen molar-refractivity contribution in [3.05, 3.63) is 11.2 Å². The van der Waals surface area contributed by atoms with E-state index in [4.69, 9.17) is 17.3 Å². The Morgan fingerprint density at radius 1 is 1.53 bits per heavy atom. The number of hydrogen-bond donors (Lipinski definition) is 2. The number of anilines is 2. The van der Waals surface area contributed by atoms with Crippen molar-refractivity contribution in [3.8, 4) is 0 Å². The summed E-state index contributed by atoms with van der Waals surface area (Å²) in [7, 11) is 0. The lowest BCUT2D eigenvalue weighted by atomic mass is 9.75. The average Bonchev–Trinajstić information content (AvgIpc) is 2.10. The predicted molar refractivity (Wildman–Crippen MR) is 62.0 cm³/mol. The fourth-order valence-corrected chi connectivity index (χ4v) is 2.13. The molecule has 1 heterocycles. The summed E-state index contributed by atoms with van der Waals surface area (Å²) in [5.74, 6) is 0.949. The Kier molecular flexibility index (Phi) is 2.69.